The van der Waals surface area contributed by atoms with Crippen molar-refractivity contribution in [2.24, 2.45) is 0 Å². The topological polar surface area (TPSA) is 49.9 Å². The summed E-state index contributed by atoms with van der Waals surface area (Å²) in [7, 11) is 0. The summed E-state index contributed by atoms with van der Waals surface area (Å²) in [6.45, 7) is 1.00. The van der Waals surface area contributed by atoms with Crippen LogP contribution in [0.3, 0.4) is 0 Å². The molecule has 2 heterocycles. The molecule has 2 aromatic rings. The minimum atomic E-state index is -0.641. The molecule has 0 saturated carbocycles. The summed E-state index contributed by atoms with van der Waals surface area (Å²) in [6, 6.07) is 13.2. The molecular formula is C18H15FN2O3. The first kappa shape index (κ1) is 14.7. The molecule has 0 aliphatic carbocycles. The standard InChI is InChI=1S/C18H15FN2O3/c19-13-6-7-16-15(8-13)21-14(11-24-16)10-20(17(22)18(21)23)9-12-4-2-1-3-5-12/h1-8,14H,9-11H2. The third kappa shape index (κ3) is 2.40. The Balaban J connectivity index is 1.63. The highest BCUT2D eigenvalue weighted by molar-refractivity contribution is 6.41. The van der Waals surface area contributed by atoms with Crippen LogP contribution in [-0.2, 0) is 16.1 Å². The molecule has 1 fully saturated rings. The molecule has 2 amide bonds. The predicted octanol–water partition coefficient (Wildman–Crippen LogP) is 1.96. The van der Waals surface area contributed by atoms with Gasteiger partial charge in [-0.15, -0.1) is 0 Å². The largest absolute Gasteiger partial charge is 0.489 e. The molecule has 0 bridgehead atoms. The van der Waals surface area contributed by atoms with Gasteiger partial charge < -0.3 is 9.64 Å². The van der Waals surface area contributed by atoms with E-state index in [9.17, 15) is 14.0 Å². The van der Waals surface area contributed by atoms with E-state index in [4.69, 9.17) is 4.74 Å². The molecule has 0 spiro atoms. The summed E-state index contributed by atoms with van der Waals surface area (Å²) in [4.78, 5) is 28.0. The van der Waals surface area contributed by atoms with Gasteiger partial charge >= 0.3 is 11.8 Å². The van der Waals surface area contributed by atoms with Crippen LogP contribution in [0.5, 0.6) is 5.75 Å². The Hall–Kier alpha value is -2.89. The van der Waals surface area contributed by atoms with Gasteiger partial charge in [0, 0.05) is 19.2 Å². The number of nitrogens with zero attached hydrogens (tertiary/aromatic N) is 2. The van der Waals surface area contributed by atoms with Crippen molar-refractivity contribution in [2.45, 2.75) is 12.6 Å². The van der Waals surface area contributed by atoms with Gasteiger partial charge in [0.05, 0.1) is 11.7 Å². The normalized spacial score (nSPS) is 19.6. The fourth-order valence-electron chi connectivity index (χ4n) is 3.18. The van der Waals surface area contributed by atoms with Crippen LogP contribution in [0.1, 0.15) is 5.56 Å². The first-order valence-corrected chi connectivity index (χ1v) is 7.72. The van der Waals surface area contributed by atoms with Gasteiger partial charge in [-0.3, -0.25) is 14.5 Å². The van der Waals surface area contributed by atoms with Crippen LogP contribution in [0, 0.1) is 5.82 Å². The highest BCUT2D eigenvalue weighted by Crippen LogP contribution is 2.36. The number of fused-ring (bicyclic) bond motifs is 3. The molecule has 24 heavy (non-hydrogen) atoms. The fraction of sp³-hybridized carbons (Fsp3) is 0.222. The summed E-state index contributed by atoms with van der Waals surface area (Å²) in [5.74, 6) is -1.26. The van der Waals surface area contributed by atoms with Crippen molar-refractivity contribution in [1.82, 2.24) is 4.90 Å². The van der Waals surface area contributed by atoms with Crippen LogP contribution in [-0.4, -0.2) is 35.9 Å². The molecule has 1 saturated heterocycles. The summed E-state index contributed by atoms with van der Waals surface area (Å²) in [5, 5.41) is 0. The SMILES string of the molecule is O=C1C(=O)N2c3cc(F)ccc3OCC2CN1Cc1ccccc1. The van der Waals surface area contributed by atoms with Gasteiger partial charge in [0.15, 0.2) is 0 Å². The predicted molar refractivity (Wildman–Crippen MR) is 85.0 cm³/mol. The van der Waals surface area contributed by atoms with Crippen LogP contribution in [0.25, 0.3) is 0 Å². The fourth-order valence-corrected chi connectivity index (χ4v) is 3.18. The first-order valence-electron chi connectivity index (χ1n) is 7.72. The molecule has 1 unspecified atom stereocenters. The highest BCUT2D eigenvalue weighted by Gasteiger charge is 2.43. The van der Waals surface area contributed by atoms with Gasteiger partial charge in [0.25, 0.3) is 0 Å². The molecule has 2 aliphatic heterocycles. The Morgan fingerprint density at radius 3 is 2.67 bits per heavy atom. The first-order chi connectivity index (χ1) is 11.6. The number of halogens is 1. The maximum absolute atomic E-state index is 13.6. The van der Waals surface area contributed by atoms with Gasteiger partial charge in [-0.1, -0.05) is 30.3 Å². The van der Waals surface area contributed by atoms with Crippen LogP contribution >= 0.6 is 0 Å². The average molecular weight is 326 g/mol. The Morgan fingerprint density at radius 1 is 1.08 bits per heavy atom. The lowest BCUT2D eigenvalue weighted by Crippen LogP contribution is -2.62. The summed E-state index contributed by atoms with van der Waals surface area (Å²) in [5.41, 5.74) is 1.28. The minimum absolute atomic E-state index is 0.281. The van der Waals surface area contributed by atoms with Crippen molar-refractivity contribution >= 4 is 17.5 Å². The monoisotopic (exact) mass is 326 g/mol. The van der Waals surface area contributed by atoms with E-state index in [1.165, 1.54) is 28.0 Å². The molecule has 2 aliphatic rings. The lowest BCUT2D eigenvalue weighted by molar-refractivity contribution is -0.148. The van der Waals surface area contributed by atoms with E-state index >= 15 is 0 Å². The summed E-state index contributed by atoms with van der Waals surface area (Å²) < 4.78 is 19.2. The van der Waals surface area contributed by atoms with Crippen molar-refractivity contribution < 1.29 is 18.7 Å². The zero-order valence-electron chi connectivity index (χ0n) is 12.8. The molecule has 5 nitrogen and oxygen atoms in total. The van der Waals surface area contributed by atoms with Crippen molar-refractivity contribution in [2.75, 3.05) is 18.1 Å². The van der Waals surface area contributed by atoms with E-state index in [1.54, 1.807) is 0 Å². The van der Waals surface area contributed by atoms with Crippen LogP contribution < -0.4 is 9.64 Å². The number of piperazine rings is 1. The van der Waals surface area contributed by atoms with Gasteiger partial charge in [-0.25, -0.2) is 4.39 Å². The lowest BCUT2D eigenvalue weighted by Gasteiger charge is -2.43. The lowest BCUT2D eigenvalue weighted by atomic mass is 10.1. The molecule has 0 radical (unpaired) electrons. The number of carbonyl (C=O) groups is 2. The molecule has 4 rings (SSSR count). The van der Waals surface area contributed by atoms with Crippen molar-refractivity contribution in [3.05, 3.63) is 59.9 Å². The van der Waals surface area contributed by atoms with E-state index < -0.39 is 17.6 Å². The van der Waals surface area contributed by atoms with E-state index in [1.807, 2.05) is 30.3 Å². The number of carbonyl (C=O) groups excluding carboxylic acids is 2. The van der Waals surface area contributed by atoms with Crippen LogP contribution in [0.2, 0.25) is 0 Å². The Morgan fingerprint density at radius 2 is 1.88 bits per heavy atom. The smallest absolute Gasteiger partial charge is 0.317 e. The Labute approximate surface area is 138 Å². The van der Waals surface area contributed by atoms with E-state index in [0.717, 1.165) is 5.56 Å². The zero-order valence-corrected chi connectivity index (χ0v) is 12.8. The molecule has 0 aromatic heterocycles. The quantitative estimate of drug-likeness (QED) is 0.793. The van der Waals surface area contributed by atoms with Gasteiger partial charge in [-0.05, 0) is 17.7 Å². The molecule has 122 valence electrons. The summed E-state index contributed by atoms with van der Waals surface area (Å²) >= 11 is 0. The second-order valence-electron chi connectivity index (χ2n) is 5.92. The molecular weight excluding hydrogens is 311 g/mol. The Kier molecular flexibility index (Phi) is 3.45. The molecule has 2 aromatic carbocycles. The van der Waals surface area contributed by atoms with Crippen LogP contribution in [0.15, 0.2) is 48.5 Å². The number of amides is 2. The van der Waals surface area contributed by atoms with Gasteiger partial charge in [0.1, 0.15) is 18.2 Å². The third-order valence-corrected chi connectivity index (χ3v) is 4.31. The minimum Gasteiger partial charge on any atom is -0.489 e. The molecule has 0 N–H and O–H groups in total. The summed E-state index contributed by atoms with van der Waals surface area (Å²) in [6.07, 6.45) is 0. The van der Waals surface area contributed by atoms with E-state index in [-0.39, 0.29) is 12.6 Å². The van der Waals surface area contributed by atoms with Gasteiger partial charge in [-0.2, -0.15) is 0 Å². The number of anilines is 1. The molecule has 1 atom stereocenters. The maximum Gasteiger partial charge on any atom is 0.317 e. The van der Waals surface area contributed by atoms with Crippen LogP contribution in [0.4, 0.5) is 10.1 Å². The number of benzene rings is 2. The third-order valence-electron chi connectivity index (χ3n) is 4.31. The number of hydrogen-bond donors (Lipinski definition) is 0. The van der Waals surface area contributed by atoms with Crippen molar-refractivity contribution in [3.63, 3.8) is 0 Å². The maximum atomic E-state index is 13.6. The van der Waals surface area contributed by atoms with E-state index in [0.29, 0.717) is 24.5 Å². The van der Waals surface area contributed by atoms with Crippen molar-refractivity contribution in [3.8, 4) is 5.75 Å². The molecule has 6 heteroatoms. The number of rotatable bonds is 2. The van der Waals surface area contributed by atoms with Crippen molar-refractivity contribution in [1.29, 1.82) is 0 Å². The number of ether oxygens (including phenoxy) is 1. The van der Waals surface area contributed by atoms with E-state index in [2.05, 4.69) is 0 Å². The average Bonchev–Trinajstić information content (AvgIpc) is 2.59. The Bertz CT molecular complexity index is 809. The zero-order chi connectivity index (χ0) is 16.7. The van der Waals surface area contributed by atoms with Gasteiger partial charge in [0.2, 0.25) is 0 Å². The second-order valence-corrected chi connectivity index (χ2v) is 5.92. The number of hydrogen-bond acceptors (Lipinski definition) is 3. The highest BCUT2D eigenvalue weighted by atomic mass is 19.1. The second kappa shape index (κ2) is 5.63.